The smallest absolute Gasteiger partial charge is 0.292 e. The number of likely N-dealkylation sites (N-methyl/N-ethyl adjacent to an activating group) is 1. The normalized spacial score (nSPS) is 9.96. The molecule has 0 unspecified atom stereocenters. The maximum atomic E-state index is 11.1. The Morgan fingerprint density at radius 2 is 1.96 bits per heavy atom. The van der Waals surface area contributed by atoms with E-state index in [4.69, 9.17) is 10.00 Å². The summed E-state index contributed by atoms with van der Waals surface area (Å²) in [4.78, 5) is 12.4. The number of nitro benzene ring substituents is 1. The van der Waals surface area contributed by atoms with Crippen LogP contribution < -0.4 is 9.64 Å². The van der Waals surface area contributed by atoms with Crippen molar-refractivity contribution in [1.82, 2.24) is 0 Å². The summed E-state index contributed by atoms with van der Waals surface area (Å²) < 4.78 is 5.63. The fraction of sp³-hybridized carbons (Fsp3) is 0.235. The molecule has 0 aliphatic rings. The van der Waals surface area contributed by atoms with Crippen molar-refractivity contribution in [2.75, 3.05) is 25.1 Å². The highest BCUT2D eigenvalue weighted by atomic mass is 16.6. The van der Waals surface area contributed by atoms with Gasteiger partial charge in [-0.1, -0.05) is 17.7 Å². The molecular weight excluding hydrogens is 294 g/mol. The van der Waals surface area contributed by atoms with Gasteiger partial charge in [-0.25, -0.2) is 0 Å². The van der Waals surface area contributed by atoms with E-state index in [9.17, 15) is 10.1 Å². The first-order valence-corrected chi connectivity index (χ1v) is 7.10. The molecule has 0 saturated carbocycles. The van der Waals surface area contributed by atoms with Crippen LogP contribution in [0.4, 0.5) is 11.4 Å². The number of nitro groups is 1. The summed E-state index contributed by atoms with van der Waals surface area (Å²) >= 11 is 0. The summed E-state index contributed by atoms with van der Waals surface area (Å²) in [5.74, 6) is 0.754. The van der Waals surface area contributed by atoms with Crippen LogP contribution in [0.1, 0.15) is 11.1 Å². The predicted octanol–water partition coefficient (Wildman–Crippen LogP) is 3.29. The molecule has 0 atom stereocenters. The Bertz CT molecular complexity index is 736. The van der Waals surface area contributed by atoms with Crippen LogP contribution in [0.2, 0.25) is 0 Å². The second-order valence-electron chi connectivity index (χ2n) is 5.16. The fourth-order valence-corrected chi connectivity index (χ4v) is 2.11. The van der Waals surface area contributed by atoms with Gasteiger partial charge in [0.25, 0.3) is 5.69 Å². The molecule has 0 heterocycles. The van der Waals surface area contributed by atoms with Gasteiger partial charge in [-0.05, 0) is 31.2 Å². The summed E-state index contributed by atoms with van der Waals surface area (Å²) in [5, 5.41) is 20.1. The Labute approximate surface area is 134 Å². The third-order valence-electron chi connectivity index (χ3n) is 3.43. The molecule has 0 aliphatic carbocycles. The number of hydrogen-bond acceptors (Lipinski definition) is 5. The highest BCUT2D eigenvalue weighted by Gasteiger charge is 2.17. The number of rotatable bonds is 6. The van der Waals surface area contributed by atoms with Crippen LogP contribution >= 0.6 is 0 Å². The van der Waals surface area contributed by atoms with E-state index < -0.39 is 4.92 Å². The molecule has 2 aromatic rings. The van der Waals surface area contributed by atoms with Gasteiger partial charge in [-0.3, -0.25) is 10.1 Å². The first kappa shape index (κ1) is 16.3. The summed E-state index contributed by atoms with van der Waals surface area (Å²) in [6.07, 6.45) is 0. The molecule has 0 fully saturated rings. The second-order valence-corrected chi connectivity index (χ2v) is 5.16. The molecule has 0 amide bonds. The number of anilines is 1. The van der Waals surface area contributed by atoms with E-state index in [0.29, 0.717) is 24.4 Å². The van der Waals surface area contributed by atoms with Crippen LogP contribution in [-0.2, 0) is 0 Å². The van der Waals surface area contributed by atoms with Gasteiger partial charge in [0.05, 0.1) is 23.1 Å². The molecule has 0 aliphatic heterocycles. The number of aryl methyl sites for hydroxylation is 1. The lowest BCUT2D eigenvalue weighted by Gasteiger charge is -2.19. The molecule has 0 saturated heterocycles. The molecule has 2 rings (SSSR count). The lowest BCUT2D eigenvalue weighted by atomic mass is 10.1. The number of hydrogen-bond donors (Lipinski definition) is 0. The first-order valence-electron chi connectivity index (χ1n) is 7.10. The molecule has 118 valence electrons. The third kappa shape index (κ3) is 4.20. The van der Waals surface area contributed by atoms with Gasteiger partial charge in [0.2, 0.25) is 0 Å². The quantitative estimate of drug-likeness (QED) is 0.604. The Balaban J connectivity index is 2.05. The van der Waals surface area contributed by atoms with Gasteiger partial charge < -0.3 is 9.64 Å². The molecule has 0 aromatic heterocycles. The van der Waals surface area contributed by atoms with E-state index in [2.05, 4.69) is 0 Å². The lowest BCUT2D eigenvalue weighted by molar-refractivity contribution is -0.384. The van der Waals surface area contributed by atoms with E-state index in [1.807, 2.05) is 37.3 Å². The molecule has 0 spiro atoms. The van der Waals surface area contributed by atoms with E-state index in [1.54, 1.807) is 11.9 Å². The third-order valence-corrected chi connectivity index (χ3v) is 3.43. The number of nitrogens with zero attached hydrogens (tertiary/aromatic N) is 3. The Morgan fingerprint density at radius 1 is 1.26 bits per heavy atom. The monoisotopic (exact) mass is 311 g/mol. The molecule has 2 aromatic carbocycles. The zero-order valence-corrected chi connectivity index (χ0v) is 13.0. The van der Waals surface area contributed by atoms with Crippen molar-refractivity contribution in [3.63, 3.8) is 0 Å². The molecule has 6 nitrogen and oxygen atoms in total. The zero-order chi connectivity index (χ0) is 16.8. The number of nitriles is 1. The Kier molecular flexibility index (Phi) is 5.15. The van der Waals surface area contributed by atoms with Crippen molar-refractivity contribution in [2.24, 2.45) is 0 Å². The van der Waals surface area contributed by atoms with Crippen molar-refractivity contribution in [2.45, 2.75) is 6.92 Å². The van der Waals surface area contributed by atoms with Crippen molar-refractivity contribution in [3.05, 3.63) is 63.7 Å². The molecular formula is C17H17N3O3. The summed E-state index contributed by atoms with van der Waals surface area (Å²) in [7, 11) is 1.74. The van der Waals surface area contributed by atoms with Crippen LogP contribution in [0.25, 0.3) is 0 Å². The largest absolute Gasteiger partial charge is 0.492 e. The standard InChI is InChI=1S/C17H17N3O3/c1-13-3-6-15(7-4-13)23-10-9-19(2)17-11-14(12-18)5-8-16(17)20(21)22/h3-8,11H,9-10H2,1-2H3. The van der Waals surface area contributed by atoms with Crippen molar-refractivity contribution >= 4 is 11.4 Å². The van der Waals surface area contributed by atoms with Gasteiger partial charge in [0.15, 0.2) is 0 Å². The SMILES string of the molecule is Cc1ccc(OCCN(C)c2cc(C#N)ccc2[N+](=O)[O-])cc1. The average molecular weight is 311 g/mol. The van der Waals surface area contributed by atoms with Crippen LogP contribution in [0.15, 0.2) is 42.5 Å². The maximum absolute atomic E-state index is 11.1. The van der Waals surface area contributed by atoms with E-state index >= 15 is 0 Å². The van der Waals surface area contributed by atoms with Crippen molar-refractivity contribution in [3.8, 4) is 11.8 Å². The van der Waals surface area contributed by atoms with Crippen molar-refractivity contribution in [1.29, 1.82) is 5.26 Å². The van der Waals surface area contributed by atoms with Gasteiger partial charge in [-0.2, -0.15) is 5.26 Å². The van der Waals surface area contributed by atoms with E-state index in [1.165, 1.54) is 18.2 Å². The van der Waals surface area contributed by atoms with E-state index in [-0.39, 0.29) is 5.69 Å². The van der Waals surface area contributed by atoms with Crippen LogP contribution in [-0.4, -0.2) is 25.1 Å². The molecule has 0 radical (unpaired) electrons. The summed E-state index contributed by atoms with van der Waals surface area (Å²) in [5.41, 5.74) is 1.92. The maximum Gasteiger partial charge on any atom is 0.292 e. The van der Waals surface area contributed by atoms with Gasteiger partial charge in [0.1, 0.15) is 18.0 Å². The van der Waals surface area contributed by atoms with Gasteiger partial charge in [0, 0.05) is 13.1 Å². The van der Waals surface area contributed by atoms with E-state index in [0.717, 1.165) is 11.3 Å². The highest BCUT2D eigenvalue weighted by molar-refractivity contribution is 5.65. The first-order chi connectivity index (χ1) is 11.0. The zero-order valence-electron chi connectivity index (χ0n) is 13.0. The minimum Gasteiger partial charge on any atom is -0.492 e. The Hall–Kier alpha value is -3.07. The van der Waals surface area contributed by atoms with Crippen LogP contribution in [0, 0.1) is 28.4 Å². The predicted molar refractivity (Wildman–Crippen MR) is 87.8 cm³/mol. The molecule has 0 bridgehead atoms. The number of ether oxygens (including phenoxy) is 1. The topological polar surface area (TPSA) is 79.4 Å². The molecule has 0 N–H and O–H groups in total. The van der Waals surface area contributed by atoms with Crippen LogP contribution in [0.5, 0.6) is 5.75 Å². The minimum absolute atomic E-state index is 0.0261. The molecule has 23 heavy (non-hydrogen) atoms. The fourth-order valence-electron chi connectivity index (χ4n) is 2.11. The van der Waals surface area contributed by atoms with Crippen molar-refractivity contribution < 1.29 is 9.66 Å². The Morgan fingerprint density at radius 3 is 2.57 bits per heavy atom. The second kappa shape index (κ2) is 7.27. The number of benzene rings is 2. The van der Waals surface area contributed by atoms with Gasteiger partial charge >= 0.3 is 0 Å². The van der Waals surface area contributed by atoms with Gasteiger partial charge in [-0.15, -0.1) is 0 Å². The van der Waals surface area contributed by atoms with Crippen LogP contribution in [0.3, 0.4) is 0 Å². The lowest BCUT2D eigenvalue weighted by Crippen LogP contribution is -2.24. The summed E-state index contributed by atoms with van der Waals surface area (Å²) in [6, 6.07) is 14.0. The molecule has 6 heteroatoms. The highest BCUT2D eigenvalue weighted by Crippen LogP contribution is 2.28. The minimum atomic E-state index is -0.451. The summed E-state index contributed by atoms with van der Waals surface area (Å²) in [6.45, 7) is 2.84. The average Bonchev–Trinajstić information content (AvgIpc) is 2.55.